The third-order valence-corrected chi connectivity index (χ3v) is 10.5. The van der Waals surface area contributed by atoms with E-state index in [1.807, 2.05) is 0 Å². The number of unbranched alkanes of at least 4 members (excludes halogenated alkanes) is 4. The Morgan fingerprint density at radius 1 is 0.818 bits per heavy atom. The molecule has 3 nitrogen and oxygen atoms in total. The predicted octanol–water partition coefficient (Wildman–Crippen LogP) is 11.1. The summed E-state index contributed by atoms with van der Waals surface area (Å²) in [6.45, 7) is 17.3. The normalized spacial score (nSPS) is 20.6. The Labute approximate surface area is 282 Å². The SMILES string of the molecule is CCCCCN1/C(=C/C=C2C=C(/C=C/C3=[N+](CCCCC)c4ccc(Br)cc4C3(C)C)COC/2)C(C)(C)c2cc(Br)ccc21. The number of fused-ring (bicyclic) bond motifs is 2. The maximum atomic E-state index is 6.13. The summed E-state index contributed by atoms with van der Waals surface area (Å²) in [5.41, 5.74) is 10.5. The van der Waals surface area contributed by atoms with Crippen molar-refractivity contribution in [1.29, 1.82) is 0 Å². The molecule has 0 radical (unpaired) electrons. The highest BCUT2D eigenvalue weighted by atomic mass is 79.9. The average molecular weight is 722 g/mol. The van der Waals surface area contributed by atoms with Crippen LogP contribution >= 0.6 is 31.9 Å². The molecule has 3 aliphatic heterocycles. The zero-order valence-corrected chi connectivity index (χ0v) is 30.7. The lowest BCUT2D eigenvalue weighted by Gasteiger charge is -2.27. The molecule has 0 aliphatic carbocycles. The van der Waals surface area contributed by atoms with E-state index in [1.165, 1.54) is 83.6 Å². The fourth-order valence-electron chi connectivity index (χ4n) is 6.99. The molecule has 3 aliphatic rings. The Kier molecular flexibility index (Phi) is 10.6. The first-order valence-electron chi connectivity index (χ1n) is 16.5. The second-order valence-corrected chi connectivity index (χ2v) is 15.3. The van der Waals surface area contributed by atoms with E-state index in [0.29, 0.717) is 13.2 Å². The van der Waals surface area contributed by atoms with Gasteiger partial charge in [0.15, 0.2) is 5.71 Å². The van der Waals surface area contributed by atoms with E-state index in [9.17, 15) is 0 Å². The first-order chi connectivity index (χ1) is 21.1. The standard InChI is InChI=1S/C39H49Br2N2O/c1-7-9-11-21-42-34-17-15-30(40)24-32(34)38(3,4)36(42)19-13-28-23-29(27-44-26-28)14-20-37-39(5,6)33-25-31(41)16-18-35(33)43(37)22-12-10-8-2/h13-20,23-25H,7-12,21-22,26-27H2,1-6H3/q+1. The Balaban J connectivity index is 1.44. The van der Waals surface area contributed by atoms with Crippen molar-refractivity contribution < 1.29 is 9.31 Å². The van der Waals surface area contributed by atoms with Gasteiger partial charge in [0.1, 0.15) is 6.54 Å². The van der Waals surface area contributed by atoms with Crippen LogP contribution in [-0.2, 0) is 15.6 Å². The molecule has 0 amide bonds. The van der Waals surface area contributed by atoms with Gasteiger partial charge in [0.05, 0.1) is 18.6 Å². The summed E-state index contributed by atoms with van der Waals surface area (Å²) < 4.78 is 11.0. The first kappa shape index (κ1) is 33.2. The van der Waals surface area contributed by atoms with Crippen LogP contribution in [0.1, 0.15) is 91.2 Å². The van der Waals surface area contributed by atoms with Crippen molar-refractivity contribution in [2.45, 2.75) is 90.9 Å². The molecule has 5 rings (SSSR count). The van der Waals surface area contributed by atoms with Gasteiger partial charge in [0, 0.05) is 56.4 Å². The predicted molar refractivity (Wildman–Crippen MR) is 195 cm³/mol. The number of halogens is 2. The maximum absolute atomic E-state index is 6.13. The highest BCUT2D eigenvalue weighted by molar-refractivity contribution is 9.10. The third-order valence-electron chi connectivity index (χ3n) is 9.50. The number of ether oxygens (including phenoxy) is 1. The molecular formula is C39H49Br2N2O+. The lowest BCUT2D eigenvalue weighted by atomic mass is 9.81. The minimum absolute atomic E-state index is 0.0692. The van der Waals surface area contributed by atoms with Crippen LogP contribution in [0.15, 0.2) is 92.6 Å². The summed E-state index contributed by atoms with van der Waals surface area (Å²) in [5, 5.41) is 0. The molecule has 5 heteroatoms. The number of nitrogens with zero attached hydrogens (tertiary/aromatic N) is 2. The first-order valence-corrected chi connectivity index (χ1v) is 18.1. The minimum Gasteiger partial charge on any atom is -0.372 e. The van der Waals surface area contributed by atoms with Crippen LogP contribution < -0.4 is 4.90 Å². The zero-order valence-electron chi connectivity index (χ0n) is 27.5. The van der Waals surface area contributed by atoms with Crippen LogP contribution in [0, 0.1) is 0 Å². The number of hydrogen-bond donors (Lipinski definition) is 0. The molecular weight excluding hydrogens is 672 g/mol. The highest BCUT2D eigenvalue weighted by Gasteiger charge is 2.44. The molecule has 0 spiro atoms. The van der Waals surface area contributed by atoms with Crippen LogP contribution in [0.3, 0.4) is 0 Å². The van der Waals surface area contributed by atoms with Gasteiger partial charge in [-0.25, -0.2) is 0 Å². The second-order valence-electron chi connectivity index (χ2n) is 13.5. The number of hydrogen-bond acceptors (Lipinski definition) is 2. The average Bonchev–Trinajstić information content (AvgIpc) is 3.33. The van der Waals surface area contributed by atoms with Crippen molar-refractivity contribution in [3.63, 3.8) is 0 Å². The van der Waals surface area contributed by atoms with Gasteiger partial charge in [-0.05, 0) is 79.8 Å². The fourth-order valence-corrected chi connectivity index (χ4v) is 7.71. The summed E-state index contributed by atoms with van der Waals surface area (Å²) in [5.74, 6) is 0. The van der Waals surface area contributed by atoms with E-state index < -0.39 is 0 Å². The number of allylic oxidation sites excluding steroid dienone is 4. The molecule has 44 heavy (non-hydrogen) atoms. The van der Waals surface area contributed by atoms with E-state index >= 15 is 0 Å². The molecule has 0 unspecified atom stereocenters. The van der Waals surface area contributed by atoms with E-state index in [4.69, 9.17) is 4.74 Å². The molecule has 0 aromatic heterocycles. The third kappa shape index (κ3) is 6.81. The zero-order chi connectivity index (χ0) is 31.5. The van der Waals surface area contributed by atoms with Gasteiger partial charge in [-0.3, -0.25) is 0 Å². The Hall–Kier alpha value is -2.21. The van der Waals surface area contributed by atoms with Crippen LogP contribution in [0.2, 0.25) is 0 Å². The molecule has 0 bridgehead atoms. The van der Waals surface area contributed by atoms with Crippen LogP contribution in [0.25, 0.3) is 0 Å². The Morgan fingerprint density at radius 2 is 1.52 bits per heavy atom. The topological polar surface area (TPSA) is 15.5 Å². The van der Waals surface area contributed by atoms with Crippen molar-refractivity contribution >= 4 is 48.9 Å². The molecule has 234 valence electrons. The molecule has 0 saturated heterocycles. The minimum atomic E-state index is -0.0692. The van der Waals surface area contributed by atoms with Gasteiger partial charge >= 0.3 is 0 Å². The van der Waals surface area contributed by atoms with Crippen LogP contribution in [0.5, 0.6) is 0 Å². The highest BCUT2D eigenvalue weighted by Crippen LogP contribution is 2.49. The lowest BCUT2D eigenvalue weighted by molar-refractivity contribution is -0.438. The number of rotatable bonds is 11. The maximum Gasteiger partial charge on any atom is 0.209 e. The number of benzene rings is 2. The van der Waals surface area contributed by atoms with Crippen LogP contribution in [-0.4, -0.2) is 36.6 Å². The van der Waals surface area contributed by atoms with E-state index in [1.54, 1.807) is 0 Å². The van der Waals surface area contributed by atoms with E-state index in [-0.39, 0.29) is 10.8 Å². The Bertz CT molecular complexity index is 1540. The molecule has 0 fully saturated rings. The lowest BCUT2D eigenvalue weighted by Crippen LogP contribution is -2.28. The van der Waals surface area contributed by atoms with Gasteiger partial charge in [0.2, 0.25) is 5.69 Å². The molecule has 0 atom stereocenters. The van der Waals surface area contributed by atoms with Crippen molar-refractivity contribution in [2.75, 3.05) is 31.2 Å². The van der Waals surface area contributed by atoms with Crippen molar-refractivity contribution in [2.24, 2.45) is 0 Å². The summed E-state index contributed by atoms with van der Waals surface area (Å²) in [4.78, 5) is 2.55. The van der Waals surface area contributed by atoms with Gasteiger partial charge in [-0.15, -0.1) is 0 Å². The second kappa shape index (κ2) is 14.1. The monoisotopic (exact) mass is 719 g/mol. The molecule has 0 N–H and O–H groups in total. The molecule has 2 aromatic rings. The summed E-state index contributed by atoms with van der Waals surface area (Å²) >= 11 is 7.44. The van der Waals surface area contributed by atoms with Gasteiger partial charge in [-0.2, -0.15) is 4.58 Å². The molecule has 3 heterocycles. The summed E-state index contributed by atoms with van der Waals surface area (Å²) in [6, 6.07) is 13.5. The van der Waals surface area contributed by atoms with Crippen molar-refractivity contribution in [1.82, 2.24) is 0 Å². The molecule has 2 aromatic carbocycles. The van der Waals surface area contributed by atoms with Crippen molar-refractivity contribution in [3.05, 3.63) is 104 Å². The smallest absolute Gasteiger partial charge is 0.209 e. The molecule has 0 saturated carbocycles. The van der Waals surface area contributed by atoms with Crippen LogP contribution in [0.4, 0.5) is 11.4 Å². The summed E-state index contributed by atoms with van der Waals surface area (Å²) in [7, 11) is 0. The fraction of sp³-hybridized carbons (Fsp3) is 0.462. The van der Waals surface area contributed by atoms with Gasteiger partial charge < -0.3 is 9.64 Å². The van der Waals surface area contributed by atoms with Gasteiger partial charge in [0.25, 0.3) is 0 Å². The quantitative estimate of drug-likeness (QED) is 0.170. The number of anilines is 1. The Morgan fingerprint density at radius 3 is 2.27 bits per heavy atom. The summed E-state index contributed by atoms with van der Waals surface area (Å²) in [6.07, 6.45) is 18.9. The van der Waals surface area contributed by atoms with E-state index in [2.05, 4.69) is 150 Å². The largest absolute Gasteiger partial charge is 0.372 e. The van der Waals surface area contributed by atoms with Crippen molar-refractivity contribution in [3.8, 4) is 0 Å². The van der Waals surface area contributed by atoms with E-state index in [0.717, 1.165) is 22.0 Å². The van der Waals surface area contributed by atoms with Gasteiger partial charge in [-0.1, -0.05) is 97.0 Å².